The number of alkyl halides is 3. The second-order valence-electron chi connectivity index (χ2n) is 3.77. The molecule has 0 bridgehead atoms. The number of carboxylic acids is 1. The lowest BCUT2D eigenvalue weighted by molar-refractivity contribution is -0.176. The number of aliphatic carboxylic acids is 1. The highest BCUT2D eigenvalue weighted by atomic mass is 19.4. The lowest BCUT2D eigenvalue weighted by Gasteiger charge is -2.28. The third-order valence-corrected chi connectivity index (χ3v) is 2.05. The molecule has 16 heavy (non-hydrogen) atoms. The molecule has 0 aromatic carbocycles. The van der Waals surface area contributed by atoms with E-state index in [4.69, 9.17) is 5.11 Å². The fourth-order valence-corrected chi connectivity index (χ4v) is 0.897. The fraction of sp³-hybridized carbons (Fsp3) is 0.556. The van der Waals surface area contributed by atoms with Crippen molar-refractivity contribution in [2.24, 2.45) is 5.41 Å². The molecule has 0 aromatic rings. The first-order valence-corrected chi connectivity index (χ1v) is 4.26. The number of hydrogen-bond donors (Lipinski definition) is 2. The van der Waals surface area contributed by atoms with E-state index in [1.807, 2.05) is 0 Å². The van der Waals surface area contributed by atoms with Gasteiger partial charge in [-0.15, -0.1) is 6.58 Å². The van der Waals surface area contributed by atoms with E-state index in [2.05, 4.69) is 6.58 Å². The van der Waals surface area contributed by atoms with E-state index in [-0.39, 0.29) is 0 Å². The highest BCUT2D eigenvalue weighted by molar-refractivity contribution is 5.87. The van der Waals surface area contributed by atoms with Gasteiger partial charge in [-0.3, -0.25) is 4.79 Å². The van der Waals surface area contributed by atoms with Gasteiger partial charge in [0.1, 0.15) is 6.04 Å². The number of hydrogen-bond acceptors (Lipinski definition) is 2. The molecule has 4 nitrogen and oxygen atoms in total. The normalized spacial score (nSPS) is 14.1. The van der Waals surface area contributed by atoms with Crippen molar-refractivity contribution < 1.29 is 27.9 Å². The Kier molecular flexibility index (Phi) is 4.11. The van der Waals surface area contributed by atoms with Crippen LogP contribution in [0.15, 0.2) is 12.7 Å². The zero-order valence-electron chi connectivity index (χ0n) is 8.76. The second-order valence-corrected chi connectivity index (χ2v) is 3.77. The predicted octanol–water partition coefficient (Wildman–Crippen LogP) is 1.33. The Hall–Kier alpha value is -1.53. The molecule has 7 heteroatoms. The van der Waals surface area contributed by atoms with E-state index in [9.17, 15) is 22.8 Å². The highest BCUT2D eigenvalue weighted by Crippen LogP contribution is 2.24. The maximum atomic E-state index is 11.9. The number of nitrogens with one attached hydrogen (secondary N) is 1. The summed E-state index contributed by atoms with van der Waals surface area (Å²) in [6, 6.07) is -1.68. The summed E-state index contributed by atoms with van der Waals surface area (Å²) in [6.45, 7) is 6.02. The average molecular weight is 239 g/mol. The maximum absolute atomic E-state index is 11.9. The monoisotopic (exact) mass is 239 g/mol. The van der Waals surface area contributed by atoms with Crippen LogP contribution in [0.5, 0.6) is 0 Å². The first kappa shape index (κ1) is 14.5. The number of carbonyl (C=O) groups is 2. The van der Waals surface area contributed by atoms with Crippen LogP contribution in [-0.2, 0) is 9.59 Å². The molecular weight excluding hydrogens is 227 g/mol. The molecule has 0 fully saturated rings. The zero-order chi connectivity index (χ0) is 13.1. The third kappa shape index (κ3) is 3.56. The van der Waals surface area contributed by atoms with Gasteiger partial charge in [-0.1, -0.05) is 19.9 Å². The Morgan fingerprint density at radius 1 is 1.38 bits per heavy atom. The lowest BCUT2D eigenvalue weighted by Crippen LogP contribution is -2.53. The molecule has 0 saturated heterocycles. The third-order valence-electron chi connectivity index (χ3n) is 2.05. The number of rotatable bonds is 4. The second kappa shape index (κ2) is 4.54. The summed E-state index contributed by atoms with van der Waals surface area (Å²) in [7, 11) is 0. The van der Waals surface area contributed by atoms with Crippen molar-refractivity contribution in [2.75, 3.05) is 0 Å². The minimum atomic E-state index is -5.11. The fourth-order valence-electron chi connectivity index (χ4n) is 0.897. The van der Waals surface area contributed by atoms with Gasteiger partial charge in [0, 0.05) is 5.41 Å². The van der Waals surface area contributed by atoms with E-state index in [1.165, 1.54) is 25.2 Å². The Bertz CT molecular complexity index is 310. The van der Waals surface area contributed by atoms with Crippen LogP contribution in [0, 0.1) is 5.41 Å². The van der Waals surface area contributed by atoms with Crippen molar-refractivity contribution in [1.29, 1.82) is 0 Å². The molecule has 0 rings (SSSR count). The summed E-state index contributed by atoms with van der Waals surface area (Å²) >= 11 is 0. The molecule has 0 aliphatic carbocycles. The van der Waals surface area contributed by atoms with Crippen LogP contribution in [0.2, 0.25) is 0 Å². The van der Waals surface area contributed by atoms with Gasteiger partial charge in [0.05, 0.1) is 0 Å². The van der Waals surface area contributed by atoms with Gasteiger partial charge >= 0.3 is 18.1 Å². The minimum absolute atomic E-state index is 1.17. The van der Waals surface area contributed by atoms with Gasteiger partial charge in [0.15, 0.2) is 0 Å². The van der Waals surface area contributed by atoms with Crippen LogP contribution < -0.4 is 5.32 Å². The molecule has 0 saturated carbocycles. The number of carbonyl (C=O) groups excluding carboxylic acids is 1. The largest absolute Gasteiger partial charge is 0.480 e. The molecule has 2 N–H and O–H groups in total. The molecule has 0 radical (unpaired) electrons. The van der Waals surface area contributed by atoms with E-state index in [0.717, 1.165) is 0 Å². The van der Waals surface area contributed by atoms with Crippen LogP contribution in [0.1, 0.15) is 13.8 Å². The summed E-state index contributed by atoms with van der Waals surface area (Å²) in [6.07, 6.45) is -3.94. The van der Waals surface area contributed by atoms with Crippen molar-refractivity contribution in [3.8, 4) is 0 Å². The zero-order valence-corrected chi connectivity index (χ0v) is 8.76. The van der Waals surface area contributed by atoms with Crippen molar-refractivity contribution >= 4 is 11.9 Å². The topological polar surface area (TPSA) is 66.4 Å². The summed E-state index contributed by atoms with van der Waals surface area (Å²) in [5, 5.41) is 10.1. The SMILES string of the molecule is C=CC(C)(C)C(NC(=O)C(F)(F)F)C(=O)O. The predicted molar refractivity (Wildman–Crippen MR) is 49.6 cm³/mol. The molecule has 0 aliphatic heterocycles. The van der Waals surface area contributed by atoms with E-state index < -0.39 is 29.5 Å². The van der Waals surface area contributed by atoms with Crippen molar-refractivity contribution in [1.82, 2.24) is 5.32 Å². The lowest BCUT2D eigenvalue weighted by atomic mass is 9.84. The summed E-state index contributed by atoms with van der Waals surface area (Å²) in [5.74, 6) is -3.84. The van der Waals surface area contributed by atoms with Crippen LogP contribution >= 0.6 is 0 Å². The van der Waals surface area contributed by atoms with E-state index in [1.54, 1.807) is 0 Å². The molecule has 1 unspecified atom stereocenters. The van der Waals surface area contributed by atoms with Crippen molar-refractivity contribution in [3.63, 3.8) is 0 Å². The van der Waals surface area contributed by atoms with Gasteiger partial charge in [0.25, 0.3) is 0 Å². The Morgan fingerprint density at radius 2 is 1.81 bits per heavy atom. The highest BCUT2D eigenvalue weighted by Gasteiger charge is 2.43. The smallest absolute Gasteiger partial charge is 0.471 e. The number of carboxylic acid groups (broad SMARTS) is 1. The number of amides is 1. The Labute approximate surface area is 90.1 Å². The standard InChI is InChI=1S/C9H12F3NO3/c1-4-8(2,3)5(6(14)15)13-7(16)9(10,11)12/h4-5H,1H2,2-3H3,(H,13,16)(H,14,15). The molecule has 92 valence electrons. The van der Waals surface area contributed by atoms with Gasteiger partial charge in [-0.25, -0.2) is 4.79 Å². The van der Waals surface area contributed by atoms with E-state index >= 15 is 0 Å². The van der Waals surface area contributed by atoms with Crippen molar-refractivity contribution in [2.45, 2.75) is 26.1 Å². The molecule has 0 heterocycles. The Balaban J connectivity index is 4.93. The van der Waals surface area contributed by atoms with Gasteiger partial charge in [-0.05, 0) is 0 Å². The maximum Gasteiger partial charge on any atom is 0.471 e. The minimum Gasteiger partial charge on any atom is -0.480 e. The van der Waals surface area contributed by atoms with Crippen molar-refractivity contribution in [3.05, 3.63) is 12.7 Å². The molecule has 1 amide bonds. The molecule has 0 aromatic heterocycles. The average Bonchev–Trinajstić information content (AvgIpc) is 2.11. The summed E-state index contributed by atoms with van der Waals surface area (Å²) in [4.78, 5) is 21.3. The summed E-state index contributed by atoms with van der Waals surface area (Å²) in [5.41, 5.74) is -1.19. The Morgan fingerprint density at radius 3 is 2.06 bits per heavy atom. The van der Waals surface area contributed by atoms with Crippen LogP contribution in [0.3, 0.4) is 0 Å². The first-order valence-electron chi connectivity index (χ1n) is 4.26. The molecule has 0 spiro atoms. The number of halogens is 3. The molecule has 1 atom stereocenters. The van der Waals surface area contributed by atoms with Crippen LogP contribution in [0.4, 0.5) is 13.2 Å². The van der Waals surface area contributed by atoms with Gasteiger partial charge in [0.2, 0.25) is 0 Å². The quantitative estimate of drug-likeness (QED) is 0.727. The van der Waals surface area contributed by atoms with Crippen LogP contribution in [0.25, 0.3) is 0 Å². The van der Waals surface area contributed by atoms with E-state index in [0.29, 0.717) is 0 Å². The van der Waals surface area contributed by atoms with Crippen LogP contribution in [-0.4, -0.2) is 29.2 Å². The molecule has 0 aliphatic rings. The molecular formula is C9H12F3NO3. The van der Waals surface area contributed by atoms with Gasteiger partial charge in [-0.2, -0.15) is 13.2 Å². The summed E-state index contributed by atoms with van der Waals surface area (Å²) < 4.78 is 35.8. The van der Waals surface area contributed by atoms with Gasteiger partial charge < -0.3 is 10.4 Å². The first-order chi connectivity index (χ1) is 7.02.